The molecule has 1 amide bonds. The van der Waals surface area contributed by atoms with Crippen LogP contribution >= 0.6 is 0 Å². The zero-order valence-corrected chi connectivity index (χ0v) is 13.5. The van der Waals surface area contributed by atoms with E-state index in [0.29, 0.717) is 12.5 Å². The molecule has 2 aliphatic rings. The molecule has 5 nitrogen and oxygen atoms in total. The van der Waals surface area contributed by atoms with Crippen molar-refractivity contribution in [3.63, 3.8) is 0 Å². The van der Waals surface area contributed by atoms with Crippen molar-refractivity contribution in [3.8, 4) is 17.0 Å². The first-order chi connectivity index (χ1) is 11.0. The van der Waals surface area contributed by atoms with Crippen LogP contribution in [0.1, 0.15) is 19.4 Å². The lowest BCUT2D eigenvalue weighted by atomic mass is 9.85. The van der Waals surface area contributed by atoms with Gasteiger partial charge in [0.05, 0.1) is 11.1 Å². The van der Waals surface area contributed by atoms with E-state index in [1.54, 1.807) is 4.90 Å². The molecule has 0 spiro atoms. The van der Waals surface area contributed by atoms with E-state index in [-0.39, 0.29) is 5.91 Å². The van der Waals surface area contributed by atoms with Crippen LogP contribution in [0.25, 0.3) is 11.1 Å². The summed E-state index contributed by atoms with van der Waals surface area (Å²) in [5.41, 5.74) is 4.55. The summed E-state index contributed by atoms with van der Waals surface area (Å²) in [6.45, 7) is 5.37. The topological polar surface area (TPSA) is 54.5 Å². The number of hydrogen-bond acceptors (Lipinski definition) is 4. The van der Waals surface area contributed by atoms with Crippen LogP contribution in [0.2, 0.25) is 0 Å². The Labute approximate surface area is 135 Å². The van der Waals surface area contributed by atoms with Gasteiger partial charge in [-0.05, 0) is 37.1 Å². The fourth-order valence-corrected chi connectivity index (χ4v) is 3.35. The van der Waals surface area contributed by atoms with Crippen LogP contribution in [-0.4, -0.2) is 31.1 Å². The summed E-state index contributed by atoms with van der Waals surface area (Å²) in [5.74, 6) is 0.776. The van der Waals surface area contributed by atoms with Crippen LogP contribution in [0.3, 0.4) is 0 Å². The van der Waals surface area contributed by atoms with Crippen molar-refractivity contribution >= 4 is 17.3 Å². The van der Waals surface area contributed by atoms with Crippen LogP contribution in [0, 0.1) is 0 Å². The van der Waals surface area contributed by atoms with Gasteiger partial charge in [0.1, 0.15) is 6.61 Å². The van der Waals surface area contributed by atoms with Crippen molar-refractivity contribution in [3.05, 3.63) is 36.0 Å². The Hall–Kier alpha value is -2.56. The highest BCUT2D eigenvalue weighted by Crippen LogP contribution is 2.43. The van der Waals surface area contributed by atoms with Gasteiger partial charge in [0, 0.05) is 31.0 Å². The van der Waals surface area contributed by atoms with Gasteiger partial charge in [0.25, 0.3) is 0 Å². The summed E-state index contributed by atoms with van der Waals surface area (Å²) < 4.78 is 5.52. The minimum atomic E-state index is -0.466. The van der Waals surface area contributed by atoms with Crippen LogP contribution in [0.4, 0.5) is 11.4 Å². The second-order valence-electron chi connectivity index (χ2n) is 6.57. The molecular weight excluding hydrogens is 290 g/mol. The second-order valence-corrected chi connectivity index (χ2v) is 6.57. The molecule has 0 radical (unpaired) electrons. The monoisotopic (exact) mass is 309 g/mol. The average Bonchev–Trinajstić information content (AvgIpc) is 2.75. The molecule has 0 unspecified atom stereocenters. The Morgan fingerprint density at radius 2 is 2.09 bits per heavy atom. The van der Waals surface area contributed by atoms with Crippen molar-refractivity contribution in [1.82, 2.24) is 4.98 Å². The number of anilines is 2. The van der Waals surface area contributed by atoms with E-state index in [4.69, 9.17) is 4.74 Å². The van der Waals surface area contributed by atoms with Crippen molar-refractivity contribution < 1.29 is 9.53 Å². The van der Waals surface area contributed by atoms with Crippen LogP contribution in [0.15, 0.2) is 30.5 Å². The third kappa shape index (κ3) is 2.00. The van der Waals surface area contributed by atoms with Gasteiger partial charge in [-0.3, -0.25) is 4.79 Å². The Bertz CT molecular complexity index is 814. The molecule has 118 valence electrons. The highest BCUT2D eigenvalue weighted by atomic mass is 16.5. The van der Waals surface area contributed by atoms with Gasteiger partial charge in [-0.15, -0.1) is 0 Å². The van der Waals surface area contributed by atoms with Crippen molar-refractivity contribution in [1.29, 1.82) is 0 Å². The van der Waals surface area contributed by atoms with E-state index in [9.17, 15) is 4.79 Å². The summed E-state index contributed by atoms with van der Waals surface area (Å²) >= 11 is 0. The quantitative estimate of drug-likeness (QED) is 0.880. The Balaban J connectivity index is 1.79. The van der Waals surface area contributed by atoms with Gasteiger partial charge in [0.15, 0.2) is 0 Å². The van der Waals surface area contributed by atoms with E-state index >= 15 is 0 Å². The number of amides is 1. The van der Waals surface area contributed by atoms with Gasteiger partial charge in [-0.25, -0.2) is 4.98 Å². The number of pyridine rings is 1. The van der Waals surface area contributed by atoms with Gasteiger partial charge in [-0.1, -0.05) is 12.1 Å². The summed E-state index contributed by atoms with van der Waals surface area (Å²) in [6, 6.07) is 8.22. The molecule has 1 aromatic carbocycles. The van der Waals surface area contributed by atoms with Crippen LogP contribution in [0.5, 0.6) is 5.88 Å². The SMILES string of the molecule is CN1C(=O)C(C)(C)c2ccc(-c3cnc4c(c3)NCCO4)cc21. The van der Waals surface area contributed by atoms with Crippen LogP contribution < -0.4 is 15.0 Å². The molecule has 0 bridgehead atoms. The molecule has 23 heavy (non-hydrogen) atoms. The predicted octanol–water partition coefficient (Wildman–Crippen LogP) is 2.81. The first-order valence-corrected chi connectivity index (χ1v) is 7.78. The smallest absolute Gasteiger partial charge is 0.237 e. The molecule has 5 heteroatoms. The van der Waals surface area contributed by atoms with Crippen molar-refractivity contribution in [2.24, 2.45) is 0 Å². The minimum Gasteiger partial charge on any atom is -0.474 e. The van der Waals surface area contributed by atoms with Crippen LogP contribution in [-0.2, 0) is 10.2 Å². The number of carbonyl (C=O) groups excluding carboxylic acids is 1. The number of ether oxygens (including phenoxy) is 1. The predicted molar refractivity (Wildman–Crippen MR) is 90.1 cm³/mol. The van der Waals surface area contributed by atoms with Gasteiger partial charge < -0.3 is 15.0 Å². The maximum Gasteiger partial charge on any atom is 0.237 e. The molecule has 1 aromatic heterocycles. The normalized spacial score (nSPS) is 18.0. The zero-order chi connectivity index (χ0) is 16.2. The Morgan fingerprint density at radius 1 is 1.26 bits per heavy atom. The molecule has 2 aromatic rings. The maximum atomic E-state index is 12.4. The highest BCUT2D eigenvalue weighted by molar-refractivity contribution is 6.07. The summed E-state index contributed by atoms with van der Waals surface area (Å²) in [4.78, 5) is 18.5. The number of aromatic nitrogens is 1. The summed E-state index contributed by atoms with van der Waals surface area (Å²) in [6.07, 6.45) is 1.81. The molecule has 4 rings (SSSR count). The lowest BCUT2D eigenvalue weighted by Crippen LogP contribution is -2.33. The number of carbonyl (C=O) groups is 1. The van der Waals surface area contributed by atoms with E-state index in [2.05, 4.69) is 28.5 Å². The first-order valence-electron chi connectivity index (χ1n) is 7.78. The third-order valence-electron chi connectivity index (χ3n) is 4.71. The Morgan fingerprint density at radius 3 is 2.91 bits per heavy atom. The first kappa shape index (κ1) is 14.1. The number of rotatable bonds is 1. The second kappa shape index (κ2) is 4.72. The van der Waals surface area contributed by atoms with Gasteiger partial charge in [0.2, 0.25) is 11.8 Å². The molecule has 0 saturated heterocycles. The fraction of sp³-hybridized carbons (Fsp3) is 0.333. The largest absolute Gasteiger partial charge is 0.474 e. The summed E-state index contributed by atoms with van der Waals surface area (Å²) in [7, 11) is 1.83. The number of nitrogens with zero attached hydrogens (tertiary/aromatic N) is 2. The van der Waals surface area contributed by atoms with E-state index < -0.39 is 5.41 Å². The highest BCUT2D eigenvalue weighted by Gasteiger charge is 2.42. The van der Waals surface area contributed by atoms with Crippen molar-refractivity contribution in [2.45, 2.75) is 19.3 Å². The molecule has 2 aliphatic heterocycles. The minimum absolute atomic E-state index is 0.128. The molecule has 0 saturated carbocycles. The Kier molecular flexibility index (Phi) is 2.88. The number of benzene rings is 1. The number of likely N-dealkylation sites (N-methyl/N-ethyl adjacent to an activating group) is 1. The molecule has 3 heterocycles. The molecule has 0 aliphatic carbocycles. The maximum absolute atomic E-state index is 12.4. The third-order valence-corrected chi connectivity index (χ3v) is 4.71. The lowest BCUT2D eigenvalue weighted by Gasteiger charge is -2.19. The fourth-order valence-electron chi connectivity index (χ4n) is 3.35. The van der Waals surface area contributed by atoms with Gasteiger partial charge >= 0.3 is 0 Å². The summed E-state index contributed by atoms with van der Waals surface area (Å²) in [5, 5.41) is 3.30. The van der Waals surface area contributed by atoms with E-state index in [1.165, 1.54) is 0 Å². The molecular formula is C18H19N3O2. The molecule has 0 atom stereocenters. The number of nitrogens with one attached hydrogen (secondary N) is 1. The standard InChI is InChI=1S/C18H19N3O2/c1-18(2)13-5-4-11(9-15(13)21(3)17(18)22)12-8-14-16(20-10-12)23-7-6-19-14/h4-5,8-10,19H,6-7H2,1-3H3. The lowest BCUT2D eigenvalue weighted by molar-refractivity contribution is -0.121. The average molecular weight is 309 g/mol. The number of fused-ring (bicyclic) bond motifs is 2. The van der Waals surface area contributed by atoms with E-state index in [0.717, 1.165) is 34.6 Å². The van der Waals surface area contributed by atoms with Crippen molar-refractivity contribution in [2.75, 3.05) is 30.4 Å². The van der Waals surface area contributed by atoms with Gasteiger partial charge in [-0.2, -0.15) is 0 Å². The molecule has 0 fully saturated rings. The number of hydrogen-bond donors (Lipinski definition) is 1. The zero-order valence-electron chi connectivity index (χ0n) is 13.5. The molecule has 1 N–H and O–H groups in total. The van der Waals surface area contributed by atoms with E-state index in [1.807, 2.05) is 33.2 Å².